The summed E-state index contributed by atoms with van der Waals surface area (Å²) in [6, 6.07) is 7.06. The number of carbonyl (C=O) groups excluding carboxylic acids is 3. The van der Waals surface area contributed by atoms with E-state index >= 15 is 0 Å². The summed E-state index contributed by atoms with van der Waals surface area (Å²) in [7, 11) is 1.49. The first-order valence-electron chi connectivity index (χ1n) is 9.24. The minimum atomic E-state index is -0.627. The van der Waals surface area contributed by atoms with Crippen LogP contribution in [0.1, 0.15) is 12.5 Å². The maximum atomic E-state index is 13.3. The Hall–Kier alpha value is -2.56. The minimum Gasteiger partial charge on any atom is -0.493 e. The topological polar surface area (TPSA) is 84.9 Å². The van der Waals surface area contributed by atoms with Crippen molar-refractivity contribution in [3.63, 3.8) is 0 Å². The van der Waals surface area contributed by atoms with Crippen LogP contribution in [0, 0.1) is 5.82 Å². The molecule has 3 amide bonds. The maximum absolute atomic E-state index is 13.3. The molecule has 7 nitrogen and oxygen atoms in total. The van der Waals surface area contributed by atoms with Gasteiger partial charge < -0.3 is 14.8 Å². The van der Waals surface area contributed by atoms with E-state index in [1.165, 1.54) is 25.3 Å². The lowest BCUT2D eigenvalue weighted by atomic mass is 10.2. The van der Waals surface area contributed by atoms with Gasteiger partial charge in [-0.25, -0.2) is 4.39 Å². The number of carbonyl (C=O) groups is 3. The van der Waals surface area contributed by atoms with Gasteiger partial charge in [0.05, 0.1) is 28.1 Å². The van der Waals surface area contributed by atoms with Crippen LogP contribution in [-0.4, -0.2) is 42.2 Å². The maximum Gasteiger partial charge on any atom is 0.294 e. The molecule has 0 spiro atoms. The molecule has 0 radical (unpaired) electrons. The Morgan fingerprint density at radius 3 is 2.72 bits per heavy atom. The van der Waals surface area contributed by atoms with E-state index in [9.17, 15) is 18.8 Å². The van der Waals surface area contributed by atoms with Gasteiger partial charge in [-0.2, -0.15) is 0 Å². The second-order valence-electron chi connectivity index (χ2n) is 6.41. The van der Waals surface area contributed by atoms with Gasteiger partial charge in [-0.05, 0) is 76.6 Å². The zero-order chi connectivity index (χ0) is 23.4. The summed E-state index contributed by atoms with van der Waals surface area (Å²) in [6.45, 7) is 1.79. The van der Waals surface area contributed by atoms with E-state index in [2.05, 4.69) is 21.2 Å². The fourth-order valence-corrected chi connectivity index (χ4v) is 4.41. The number of anilines is 1. The highest BCUT2D eigenvalue weighted by atomic mass is 79.9. The number of hydrogen-bond donors (Lipinski definition) is 1. The van der Waals surface area contributed by atoms with Gasteiger partial charge in [0, 0.05) is 5.69 Å². The summed E-state index contributed by atoms with van der Waals surface area (Å²) in [5.74, 6) is -0.863. The molecule has 3 rings (SSSR count). The van der Waals surface area contributed by atoms with E-state index < -0.39 is 29.4 Å². The molecule has 0 atom stereocenters. The van der Waals surface area contributed by atoms with E-state index in [0.29, 0.717) is 28.1 Å². The third-order valence-electron chi connectivity index (χ3n) is 4.22. The number of imide groups is 1. The predicted molar refractivity (Wildman–Crippen MR) is 125 cm³/mol. The molecule has 1 N–H and O–H groups in total. The molecule has 1 aliphatic heterocycles. The van der Waals surface area contributed by atoms with Crippen LogP contribution >= 0.6 is 39.3 Å². The number of thioether (sulfide) groups is 1. The van der Waals surface area contributed by atoms with Crippen LogP contribution in [0.15, 0.2) is 39.7 Å². The molecule has 1 saturated heterocycles. The second-order valence-corrected chi connectivity index (χ2v) is 8.67. The van der Waals surface area contributed by atoms with Crippen molar-refractivity contribution in [2.75, 3.05) is 25.6 Å². The van der Waals surface area contributed by atoms with Crippen molar-refractivity contribution in [3.05, 3.63) is 56.1 Å². The molecule has 1 heterocycles. The van der Waals surface area contributed by atoms with E-state index in [1.807, 2.05) is 6.92 Å². The van der Waals surface area contributed by atoms with Gasteiger partial charge in [0.2, 0.25) is 5.91 Å². The molecule has 168 valence electrons. The number of rotatable bonds is 7. The van der Waals surface area contributed by atoms with Crippen LogP contribution in [0.5, 0.6) is 11.5 Å². The van der Waals surface area contributed by atoms with E-state index in [0.717, 1.165) is 22.7 Å². The van der Waals surface area contributed by atoms with Crippen molar-refractivity contribution in [2.45, 2.75) is 6.92 Å². The normalized spacial score (nSPS) is 14.8. The van der Waals surface area contributed by atoms with Crippen LogP contribution in [0.2, 0.25) is 5.02 Å². The number of benzene rings is 2. The Labute approximate surface area is 201 Å². The molecule has 0 aliphatic carbocycles. The summed E-state index contributed by atoms with van der Waals surface area (Å²) in [6.07, 6.45) is 1.53. The lowest BCUT2D eigenvalue weighted by Gasteiger charge is -2.13. The van der Waals surface area contributed by atoms with Crippen molar-refractivity contribution in [1.29, 1.82) is 0 Å². The Morgan fingerprint density at radius 2 is 2.06 bits per heavy atom. The molecule has 1 fully saturated rings. The minimum absolute atomic E-state index is 0.158. The van der Waals surface area contributed by atoms with Crippen molar-refractivity contribution < 1.29 is 28.2 Å². The average Bonchev–Trinajstić information content (AvgIpc) is 2.99. The summed E-state index contributed by atoms with van der Waals surface area (Å²) in [5, 5.41) is 1.74. The smallest absolute Gasteiger partial charge is 0.294 e. The molecule has 32 heavy (non-hydrogen) atoms. The van der Waals surface area contributed by atoms with Crippen LogP contribution < -0.4 is 14.8 Å². The lowest BCUT2D eigenvalue weighted by Crippen LogP contribution is -2.36. The van der Waals surface area contributed by atoms with Crippen LogP contribution in [0.4, 0.5) is 14.9 Å². The zero-order valence-corrected chi connectivity index (χ0v) is 20.1. The Bertz CT molecular complexity index is 1130. The van der Waals surface area contributed by atoms with E-state index in [-0.39, 0.29) is 15.6 Å². The van der Waals surface area contributed by atoms with Gasteiger partial charge in [-0.3, -0.25) is 19.3 Å². The quantitative estimate of drug-likeness (QED) is 0.476. The standard InChI is InChI=1S/C21H17BrClFN2O5S/c1-3-31-19-13(22)6-11(7-16(19)30-2)8-17-20(28)26(21(29)32-17)10-18(27)25-12-4-5-15(24)14(23)9-12/h4-9H,3,10H2,1-2H3,(H,25,27)/b17-8+. The van der Waals surface area contributed by atoms with Crippen LogP contribution in [0.3, 0.4) is 0 Å². The van der Waals surface area contributed by atoms with Gasteiger partial charge in [-0.15, -0.1) is 0 Å². The fraction of sp³-hybridized carbons (Fsp3) is 0.190. The van der Waals surface area contributed by atoms with E-state index in [1.54, 1.807) is 12.1 Å². The number of nitrogens with one attached hydrogen (secondary N) is 1. The monoisotopic (exact) mass is 542 g/mol. The Kier molecular flexibility index (Phi) is 7.81. The van der Waals surface area contributed by atoms with Gasteiger partial charge >= 0.3 is 0 Å². The van der Waals surface area contributed by atoms with Crippen molar-refractivity contribution in [2.24, 2.45) is 0 Å². The summed E-state index contributed by atoms with van der Waals surface area (Å²) < 4.78 is 24.8. The lowest BCUT2D eigenvalue weighted by molar-refractivity contribution is -0.127. The molecule has 0 saturated carbocycles. The van der Waals surface area contributed by atoms with Gasteiger partial charge in [0.1, 0.15) is 12.4 Å². The molecular weight excluding hydrogens is 527 g/mol. The molecule has 2 aromatic rings. The van der Waals surface area contributed by atoms with Gasteiger partial charge in [0.25, 0.3) is 11.1 Å². The number of halogens is 3. The Morgan fingerprint density at radius 1 is 1.31 bits per heavy atom. The number of nitrogens with zero attached hydrogens (tertiary/aromatic N) is 1. The first-order chi connectivity index (χ1) is 15.2. The molecule has 0 bridgehead atoms. The highest BCUT2D eigenvalue weighted by Crippen LogP contribution is 2.39. The highest BCUT2D eigenvalue weighted by Gasteiger charge is 2.36. The first kappa shape index (κ1) is 24.1. The fourth-order valence-electron chi connectivity index (χ4n) is 2.81. The average molecular weight is 544 g/mol. The molecule has 0 unspecified atom stereocenters. The number of ether oxygens (including phenoxy) is 2. The van der Waals surface area contributed by atoms with E-state index in [4.69, 9.17) is 21.1 Å². The second kappa shape index (κ2) is 10.4. The van der Waals surface area contributed by atoms with Crippen LogP contribution in [0.25, 0.3) is 6.08 Å². The predicted octanol–water partition coefficient (Wildman–Crippen LogP) is 5.32. The number of methoxy groups -OCH3 is 1. The molecule has 11 heteroatoms. The highest BCUT2D eigenvalue weighted by molar-refractivity contribution is 9.10. The van der Waals surface area contributed by atoms with Crippen molar-refractivity contribution in [3.8, 4) is 11.5 Å². The van der Waals surface area contributed by atoms with Gasteiger partial charge in [-0.1, -0.05) is 11.6 Å². The zero-order valence-electron chi connectivity index (χ0n) is 16.9. The largest absolute Gasteiger partial charge is 0.493 e. The van der Waals surface area contributed by atoms with Crippen molar-refractivity contribution in [1.82, 2.24) is 4.90 Å². The number of amides is 3. The summed E-state index contributed by atoms with van der Waals surface area (Å²) >= 11 is 9.83. The summed E-state index contributed by atoms with van der Waals surface area (Å²) in [4.78, 5) is 38.3. The molecule has 0 aromatic heterocycles. The molecular formula is C21H17BrClFN2O5S. The number of hydrogen-bond acceptors (Lipinski definition) is 6. The molecule has 2 aromatic carbocycles. The third kappa shape index (κ3) is 5.43. The van der Waals surface area contributed by atoms with Crippen LogP contribution in [-0.2, 0) is 9.59 Å². The molecule has 1 aliphatic rings. The third-order valence-corrected chi connectivity index (χ3v) is 6.00. The summed E-state index contributed by atoms with van der Waals surface area (Å²) in [5.41, 5.74) is 0.850. The van der Waals surface area contributed by atoms with Gasteiger partial charge in [0.15, 0.2) is 11.5 Å². The van der Waals surface area contributed by atoms with Crippen molar-refractivity contribution >= 4 is 68.1 Å². The Balaban J connectivity index is 1.75. The SMILES string of the molecule is CCOc1c(Br)cc(/C=C2/SC(=O)N(CC(=O)Nc3ccc(F)c(Cl)c3)C2=O)cc1OC. The first-order valence-corrected chi connectivity index (χ1v) is 11.2.